The fourth-order valence-electron chi connectivity index (χ4n) is 1.96. The summed E-state index contributed by atoms with van der Waals surface area (Å²) in [5.74, 6) is -4.54. The zero-order valence-electron chi connectivity index (χ0n) is 10.5. The SMILES string of the molecule is O=C(O)c1cc2ccccc2c(C(=O)O)c1C(=O)O.[Fr]. The van der Waals surface area contributed by atoms with E-state index >= 15 is 0 Å². The number of hydrogen-bond donors (Lipinski definition) is 3. The van der Waals surface area contributed by atoms with Gasteiger partial charge in [-0.25, -0.2) is 14.4 Å². The molecular formula is C13H8FrO6. The van der Waals surface area contributed by atoms with Gasteiger partial charge in [0.25, 0.3) is 0 Å². The topological polar surface area (TPSA) is 112 Å². The summed E-state index contributed by atoms with van der Waals surface area (Å²) in [6.07, 6.45) is 0. The van der Waals surface area contributed by atoms with Gasteiger partial charge in [0.1, 0.15) is 0 Å². The Bertz CT molecular complexity index is 722. The first kappa shape index (κ1) is 16.8. The molecule has 2 aromatic carbocycles. The second-order valence-electron chi connectivity index (χ2n) is 3.81. The van der Waals surface area contributed by atoms with Crippen molar-refractivity contribution >= 4 is 28.7 Å². The summed E-state index contributed by atoms with van der Waals surface area (Å²) in [6, 6.07) is 7.30. The van der Waals surface area contributed by atoms with Crippen molar-refractivity contribution in [2.24, 2.45) is 0 Å². The summed E-state index contributed by atoms with van der Waals surface area (Å²) in [5.41, 5.74) is -1.76. The van der Waals surface area contributed by atoms with Gasteiger partial charge in [0, 0.05) is 49.9 Å². The van der Waals surface area contributed by atoms with E-state index in [0.717, 1.165) is 6.07 Å². The zero-order valence-corrected chi connectivity index (χ0v) is 18.7. The molecule has 0 fully saturated rings. The Morgan fingerprint density at radius 2 is 1.35 bits per heavy atom. The predicted octanol–water partition coefficient (Wildman–Crippen LogP) is 1.93. The Balaban J connectivity index is 0.00000200. The molecule has 0 aliphatic carbocycles. The number of hydrogen-bond acceptors (Lipinski definition) is 3. The fraction of sp³-hybridized carbons (Fsp3) is 0. The molecule has 1 radical (unpaired) electrons. The third-order valence-electron chi connectivity index (χ3n) is 2.71. The molecule has 0 bridgehead atoms. The van der Waals surface area contributed by atoms with Crippen LogP contribution in [0.25, 0.3) is 10.8 Å². The van der Waals surface area contributed by atoms with Gasteiger partial charge in [-0.3, -0.25) is 0 Å². The van der Waals surface area contributed by atoms with Crippen molar-refractivity contribution < 1.29 is 79.6 Å². The summed E-state index contributed by atoms with van der Waals surface area (Å²) in [6.45, 7) is 0. The second kappa shape index (κ2) is 6.44. The van der Waals surface area contributed by atoms with Crippen LogP contribution in [0.3, 0.4) is 0 Å². The van der Waals surface area contributed by atoms with Crippen molar-refractivity contribution in [3.05, 3.63) is 47.0 Å². The summed E-state index contributed by atoms with van der Waals surface area (Å²) >= 11 is 0. The third kappa shape index (κ3) is 2.90. The van der Waals surface area contributed by atoms with Gasteiger partial charge < -0.3 is 15.3 Å². The Hall–Kier alpha value is -1.29. The molecule has 20 heavy (non-hydrogen) atoms. The Kier molecular flexibility index (Phi) is 5.40. The molecule has 2 rings (SSSR count). The summed E-state index contributed by atoms with van der Waals surface area (Å²) in [4.78, 5) is 33.5. The van der Waals surface area contributed by atoms with Crippen LogP contribution in [0.4, 0.5) is 0 Å². The van der Waals surface area contributed by atoms with Crippen LogP contribution in [0.2, 0.25) is 0 Å². The number of carboxylic acid groups (broad SMARTS) is 3. The predicted molar refractivity (Wildman–Crippen MR) is 64.8 cm³/mol. The van der Waals surface area contributed by atoms with Crippen LogP contribution < -0.4 is 0 Å². The number of aromatic carboxylic acids is 3. The van der Waals surface area contributed by atoms with Gasteiger partial charge in [0.05, 0.1) is 16.7 Å². The number of fused-ring (bicyclic) bond motifs is 1. The number of rotatable bonds is 3. The Morgan fingerprint density at radius 1 is 0.800 bits per heavy atom. The van der Waals surface area contributed by atoms with Crippen LogP contribution in [0.1, 0.15) is 31.1 Å². The van der Waals surface area contributed by atoms with Crippen molar-refractivity contribution in [3.63, 3.8) is 0 Å². The van der Waals surface area contributed by atoms with E-state index in [1.54, 1.807) is 12.1 Å². The molecule has 3 N–H and O–H groups in total. The maximum absolute atomic E-state index is 11.3. The number of benzene rings is 2. The maximum Gasteiger partial charge on any atom is 0.337 e. The van der Waals surface area contributed by atoms with Crippen molar-refractivity contribution in [1.29, 1.82) is 0 Å². The smallest absolute Gasteiger partial charge is 0.337 e. The van der Waals surface area contributed by atoms with Crippen molar-refractivity contribution in [2.45, 2.75) is 0 Å². The fourth-order valence-corrected chi connectivity index (χ4v) is 1.96. The molecule has 0 saturated heterocycles. The first-order chi connectivity index (χ1) is 8.93. The second-order valence-corrected chi connectivity index (χ2v) is 3.81. The van der Waals surface area contributed by atoms with Crippen LogP contribution >= 0.6 is 0 Å². The number of carboxylic acids is 3. The van der Waals surface area contributed by atoms with Gasteiger partial charge in [0.15, 0.2) is 0 Å². The minimum Gasteiger partial charge on any atom is -0.478 e. The quantitative estimate of drug-likeness (QED) is 0.616. The molecule has 0 amide bonds. The van der Waals surface area contributed by atoms with E-state index in [2.05, 4.69) is 0 Å². The summed E-state index contributed by atoms with van der Waals surface area (Å²) in [5, 5.41) is 27.8. The van der Waals surface area contributed by atoms with Gasteiger partial charge in [-0.15, -0.1) is 0 Å². The minimum absolute atomic E-state index is 0. The molecule has 0 atom stereocenters. The summed E-state index contributed by atoms with van der Waals surface area (Å²) in [7, 11) is 0. The molecule has 7 heteroatoms. The van der Waals surface area contributed by atoms with E-state index in [1.807, 2.05) is 0 Å². The average molecular weight is 483 g/mol. The Labute approximate surface area is 154 Å². The van der Waals surface area contributed by atoms with Gasteiger partial charge in [0.2, 0.25) is 0 Å². The van der Waals surface area contributed by atoms with Crippen LogP contribution in [-0.4, -0.2) is 33.2 Å². The van der Waals surface area contributed by atoms with Crippen molar-refractivity contribution in [2.75, 3.05) is 0 Å². The van der Waals surface area contributed by atoms with Crippen LogP contribution in [-0.2, 0) is 0 Å². The van der Waals surface area contributed by atoms with Gasteiger partial charge in [-0.05, 0) is 16.8 Å². The van der Waals surface area contributed by atoms with E-state index in [4.69, 9.17) is 15.3 Å². The molecule has 6 nitrogen and oxygen atoms in total. The largest absolute Gasteiger partial charge is 0.478 e. The Morgan fingerprint density at radius 3 is 1.85 bits per heavy atom. The molecule has 0 saturated carbocycles. The van der Waals surface area contributed by atoms with Gasteiger partial charge in [-0.1, -0.05) is 24.3 Å². The maximum atomic E-state index is 11.3. The monoisotopic (exact) mass is 483 g/mol. The first-order valence-corrected chi connectivity index (χ1v) is 5.19. The van der Waals surface area contributed by atoms with Crippen LogP contribution in [0.15, 0.2) is 30.3 Å². The van der Waals surface area contributed by atoms with Crippen LogP contribution in [0.5, 0.6) is 0 Å². The van der Waals surface area contributed by atoms with E-state index in [0.29, 0.717) is 5.39 Å². The molecule has 0 aliphatic rings. The molecule has 0 aliphatic heterocycles. The van der Waals surface area contributed by atoms with Gasteiger partial charge >= 0.3 is 17.9 Å². The van der Waals surface area contributed by atoms with Crippen LogP contribution in [0, 0.1) is 49.9 Å². The van der Waals surface area contributed by atoms with E-state index in [9.17, 15) is 14.4 Å². The van der Waals surface area contributed by atoms with Crippen molar-refractivity contribution in [1.82, 2.24) is 0 Å². The average Bonchev–Trinajstić information content (AvgIpc) is 2.35. The molecular weight excluding hydrogens is 475 g/mol. The van der Waals surface area contributed by atoms with Gasteiger partial charge in [-0.2, -0.15) is 0 Å². The zero-order chi connectivity index (χ0) is 14.2. The first-order valence-electron chi connectivity index (χ1n) is 5.19. The minimum atomic E-state index is -1.58. The van der Waals surface area contributed by atoms with E-state index in [-0.39, 0.29) is 55.3 Å². The normalized spacial score (nSPS) is 9.80. The third-order valence-corrected chi connectivity index (χ3v) is 2.71. The molecule has 0 aromatic heterocycles. The molecule has 97 valence electrons. The standard InChI is InChI=1S/C13H8O6.Fr/c14-11(15)8-5-6-3-1-2-4-7(6)9(12(16)17)10(8)13(18)19;/h1-5H,(H,14,15)(H,16,17)(H,18,19);. The van der Waals surface area contributed by atoms with Crippen molar-refractivity contribution in [3.8, 4) is 0 Å². The van der Waals surface area contributed by atoms with E-state index < -0.39 is 34.6 Å². The molecule has 0 heterocycles. The molecule has 2 aromatic rings. The van der Waals surface area contributed by atoms with E-state index in [1.165, 1.54) is 12.1 Å². The summed E-state index contributed by atoms with van der Waals surface area (Å²) < 4.78 is 0. The number of carbonyl (C=O) groups is 3. The molecule has 0 spiro atoms. The molecule has 0 unspecified atom stereocenters.